The highest BCUT2D eigenvalue weighted by atomic mass is 32.2. The van der Waals surface area contributed by atoms with Crippen molar-refractivity contribution in [3.63, 3.8) is 0 Å². The van der Waals surface area contributed by atoms with E-state index in [1.54, 1.807) is 12.1 Å². The van der Waals surface area contributed by atoms with Gasteiger partial charge < -0.3 is 15.0 Å². The van der Waals surface area contributed by atoms with Crippen molar-refractivity contribution in [2.24, 2.45) is 0 Å². The van der Waals surface area contributed by atoms with E-state index >= 15 is 0 Å². The fourth-order valence-corrected chi connectivity index (χ4v) is 4.52. The molecule has 3 rings (SSSR count). The van der Waals surface area contributed by atoms with Gasteiger partial charge in [0.25, 0.3) is 0 Å². The van der Waals surface area contributed by atoms with E-state index in [0.29, 0.717) is 18.6 Å². The van der Waals surface area contributed by atoms with Crippen LogP contribution in [0.15, 0.2) is 53.4 Å². The lowest BCUT2D eigenvalue weighted by molar-refractivity contribution is -0.137. The third kappa shape index (κ3) is 5.88. The van der Waals surface area contributed by atoms with Crippen LogP contribution in [-0.2, 0) is 16.2 Å². The van der Waals surface area contributed by atoms with Crippen LogP contribution in [0.5, 0.6) is 5.75 Å². The molecule has 0 unspecified atom stereocenters. The monoisotopic (exact) mass is 457 g/mol. The number of urea groups is 1. The molecule has 0 aliphatic carbocycles. The number of carbonyl (C=O) groups excluding carboxylic acids is 1. The van der Waals surface area contributed by atoms with Gasteiger partial charge in [-0.2, -0.15) is 13.2 Å². The van der Waals surface area contributed by atoms with Crippen molar-refractivity contribution < 1.29 is 31.1 Å². The molecule has 11 heteroatoms. The lowest BCUT2D eigenvalue weighted by Crippen LogP contribution is -2.47. The summed E-state index contributed by atoms with van der Waals surface area (Å²) in [5, 5.41) is 2.46. The number of benzene rings is 2. The molecule has 0 aromatic heterocycles. The molecular weight excluding hydrogens is 435 g/mol. The topological polar surface area (TPSA) is 87.7 Å². The van der Waals surface area contributed by atoms with Gasteiger partial charge in [0, 0.05) is 24.8 Å². The Balaban J connectivity index is 1.55. The molecule has 7 nitrogen and oxygen atoms in total. The lowest BCUT2D eigenvalue weighted by atomic mass is 10.1. The van der Waals surface area contributed by atoms with Crippen LogP contribution in [0.4, 0.5) is 23.7 Å². The molecule has 1 heterocycles. The summed E-state index contributed by atoms with van der Waals surface area (Å²) in [4.78, 5) is 13.9. The van der Waals surface area contributed by atoms with Gasteiger partial charge in [-0.05, 0) is 55.3 Å². The second-order valence-electron chi connectivity index (χ2n) is 7.07. The molecule has 2 amide bonds. The van der Waals surface area contributed by atoms with Gasteiger partial charge in [0.05, 0.1) is 17.6 Å². The standard InChI is InChI=1S/C20H22F3N3O4S/c1-30-17-5-7-18(8-6-17)31(28,29)25-15-9-11-26(12-10-15)19(27)24-16-4-2-3-14(13-16)20(21,22)23/h2-8,13,15,25H,9-12H2,1H3,(H,24,27). The molecule has 0 bridgehead atoms. The van der Waals surface area contributed by atoms with Crippen molar-refractivity contribution in [2.75, 3.05) is 25.5 Å². The van der Waals surface area contributed by atoms with Crippen LogP contribution < -0.4 is 14.8 Å². The van der Waals surface area contributed by atoms with Crippen LogP contribution >= 0.6 is 0 Å². The summed E-state index contributed by atoms with van der Waals surface area (Å²) >= 11 is 0. The Morgan fingerprint density at radius 2 is 1.74 bits per heavy atom. The third-order valence-electron chi connectivity index (χ3n) is 4.91. The van der Waals surface area contributed by atoms with Crippen LogP contribution in [0.25, 0.3) is 0 Å². The fraction of sp³-hybridized carbons (Fsp3) is 0.350. The lowest BCUT2D eigenvalue weighted by Gasteiger charge is -2.32. The first kappa shape index (κ1) is 22.9. The average molecular weight is 457 g/mol. The summed E-state index contributed by atoms with van der Waals surface area (Å²) in [5.74, 6) is 0.541. The van der Waals surface area contributed by atoms with Crippen molar-refractivity contribution in [1.29, 1.82) is 0 Å². The van der Waals surface area contributed by atoms with Crippen molar-refractivity contribution in [2.45, 2.75) is 30.0 Å². The van der Waals surface area contributed by atoms with Gasteiger partial charge in [-0.1, -0.05) is 6.07 Å². The third-order valence-corrected chi connectivity index (χ3v) is 6.45. The zero-order valence-corrected chi connectivity index (χ0v) is 17.5. The zero-order chi connectivity index (χ0) is 22.6. The molecule has 0 saturated carbocycles. The highest BCUT2D eigenvalue weighted by Gasteiger charge is 2.31. The van der Waals surface area contributed by atoms with Crippen LogP contribution in [0.1, 0.15) is 18.4 Å². The maximum absolute atomic E-state index is 12.8. The predicted octanol–water partition coefficient (Wildman–Crippen LogP) is 3.69. The molecule has 1 fully saturated rings. The number of hydrogen-bond donors (Lipinski definition) is 2. The average Bonchev–Trinajstić information content (AvgIpc) is 2.73. The number of nitrogens with one attached hydrogen (secondary N) is 2. The van der Waals surface area contributed by atoms with Gasteiger partial charge >= 0.3 is 12.2 Å². The minimum atomic E-state index is -4.50. The smallest absolute Gasteiger partial charge is 0.416 e. The summed E-state index contributed by atoms with van der Waals surface area (Å²) in [6.45, 7) is 0.529. The number of halogens is 3. The molecular formula is C20H22F3N3O4S. The Bertz CT molecular complexity index is 1020. The van der Waals surface area contributed by atoms with E-state index in [4.69, 9.17) is 4.74 Å². The molecule has 2 aromatic rings. The van der Waals surface area contributed by atoms with Crippen LogP contribution in [-0.4, -0.2) is 45.6 Å². The maximum Gasteiger partial charge on any atom is 0.416 e. The second kappa shape index (κ2) is 9.15. The number of anilines is 1. The first-order chi connectivity index (χ1) is 14.6. The molecule has 1 aliphatic rings. The second-order valence-corrected chi connectivity index (χ2v) is 8.78. The first-order valence-electron chi connectivity index (χ1n) is 9.48. The van der Waals surface area contributed by atoms with Gasteiger partial charge in [-0.15, -0.1) is 0 Å². The van der Waals surface area contributed by atoms with Gasteiger partial charge in [0.2, 0.25) is 10.0 Å². The maximum atomic E-state index is 12.8. The fourth-order valence-electron chi connectivity index (χ4n) is 3.22. The Morgan fingerprint density at radius 1 is 1.10 bits per heavy atom. The number of piperidine rings is 1. The zero-order valence-electron chi connectivity index (χ0n) is 16.6. The van der Waals surface area contributed by atoms with E-state index in [2.05, 4.69) is 10.0 Å². The summed E-state index contributed by atoms with van der Waals surface area (Å²) in [5.41, 5.74) is -0.806. The Hall–Kier alpha value is -2.79. The number of rotatable bonds is 5. The number of methoxy groups -OCH3 is 1. The number of sulfonamides is 1. The number of ether oxygens (including phenoxy) is 1. The van der Waals surface area contributed by atoms with Gasteiger partial charge in [-0.3, -0.25) is 0 Å². The molecule has 168 valence electrons. The molecule has 0 spiro atoms. The molecule has 0 atom stereocenters. The van der Waals surface area contributed by atoms with Crippen molar-refractivity contribution >= 4 is 21.7 Å². The van der Waals surface area contributed by atoms with Gasteiger partial charge in [0.1, 0.15) is 5.75 Å². The summed E-state index contributed by atoms with van der Waals surface area (Å²) < 4.78 is 71.2. The minimum absolute atomic E-state index is 0.0437. The Kier molecular flexibility index (Phi) is 6.75. The summed E-state index contributed by atoms with van der Waals surface area (Å²) in [6.07, 6.45) is -3.74. The van der Waals surface area contributed by atoms with Gasteiger partial charge in [-0.25, -0.2) is 17.9 Å². The molecule has 2 N–H and O–H groups in total. The largest absolute Gasteiger partial charge is 0.497 e. The number of carbonyl (C=O) groups is 1. The van der Waals surface area contributed by atoms with E-state index in [0.717, 1.165) is 12.1 Å². The quantitative estimate of drug-likeness (QED) is 0.717. The Labute approximate surface area is 178 Å². The Morgan fingerprint density at radius 3 is 2.32 bits per heavy atom. The molecule has 0 radical (unpaired) electrons. The first-order valence-corrected chi connectivity index (χ1v) is 11.0. The molecule has 2 aromatic carbocycles. The van der Waals surface area contributed by atoms with Crippen LogP contribution in [0, 0.1) is 0 Å². The normalized spacial score (nSPS) is 15.5. The number of hydrogen-bond acceptors (Lipinski definition) is 4. The summed E-state index contributed by atoms with van der Waals surface area (Å²) in [7, 11) is -2.24. The van der Waals surface area contributed by atoms with Gasteiger partial charge in [0.15, 0.2) is 0 Å². The van der Waals surface area contributed by atoms with Crippen LogP contribution in [0.2, 0.25) is 0 Å². The SMILES string of the molecule is COc1ccc(S(=O)(=O)NC2CCN(C(=O)Nc3cccc(C(F)(F)F)c3)CC2)cc1. The van der Waals surface area contributed by atoms with E-state index in [1.165, 1.54) is 36.3 Å². The predicted molar refractivity (Wildman–Crippen MR) is 108 cm³/mol. The number of likely N-dealkylation sites (tertiary alicyclic amines) is 1. The van der Waals surface area contributed by atoms with Crippen molar-refractivity contribution in [1.82, 2.24) is 9.62 Å². The van der Waals surface area contributed by atoms with Crippen molar-refractivity contribution in [3.8, 4) is 5.75 Å². The van der Waals surface area contributed by atoms with E-state index < -0.39 is 27.8 Å². The van der Waals surface area contributed by atoms with E-state index in [-0.39, 0.29) is 29.7 Å². The highest BCUT2D eigenvalue weighted by Crippen LogP contribution is 2.30. The molecule has 1 aliphatic heterocycles. The number of nitrogens with zero attached hydrogens (tertiary/aromatic N) is 1. The minimum Gasteiger partial charge on any atom is -0.497 e. The summed E-state index contributed by atoms with van der Waals surface area (Å²) in [6, 6.07) is 9.49. The highest BCUT2D eigenvalue weighted by molar-refractivity contribution is 7.89. The van der Waals surface area contributed by atoms with Crippen LogP contribution in [0.3, 0.4) is 0 Å². The number of alkyl halides is 3. The van der Waals surface area contributed by atoms with E-state index in [9.17, 15) is 26.4 Å². The molecule has 1 saturated heterocycles. The molecule has 31 heavy (non-hydrogen) atoms. The number of amides is 2. The van der Waals surface area contributed by atoms with E-state index in [1.807, 2.05) is 0 Å². The van der Waals surface area contributed by atoms with Crippen molar-refractivity contribution in [3.05, 3.63) is 54.1 Å².